The molecule has 8 rings (SSSR count). The lowest BCUT2D eigenvalue weighted by molar-refractivity contribution is 0.576. The minimum atomic E-state index is -3.22. The largest absolute Gasteiger partial charge is 0.424 e. The van der Waals surface area contributed by atoms with Crippen molar-refractivity contribution in [3.63, 3.8) is 0 Å². The Hall–Kier alpha value is -4.59. The van der Waals surface area contributed by atoms with Crippen molar-refractivity contribution in [3.8, 4) is 0 Å². The average molecular weight is 601 g/mol. The fraction of sp³-hybridized carbons (Fsp3) is 0.0500. The van der Waals surface area contributed by atoms with Crippen LogP contribution in [0.25, 0.3) is 32.3 Å². The van der Waals surface area contributed by atoms with Crippen LogP contribution in [-0.4, -0.2) is 26.2 Å². The van der Waals surface area contributed by atoms with Crippen molar-refractivity contribution in [2.45, 2.75) is 13.1 Å². The molecule has 0 aromatic heterocycles. The van der Waals surface area contributed by atoms with Gasteiger partial charge in [-0.05, 0) is 89.2 Å². The Morgan fingerprint density at radius 2 is 0.659 bits per heavy atom. The second kappa shape index (κ2) is 9.98. The molecule has 2 aliphatic rings. The molecular weight excluding hydrogens is 569 g/mol. The summed E-state index contributed by atoms with van der Waals surface area (Å²) < 4.78 is 0. The molecule has 2 heterocycles. The van der Waals surface area contributed by atoms with Crippen LogP contribution in [-0.2, 0) is 0 Å². The molecular formula is C40H32O2Si2. The lowest BCUT2D eigenvalue weighted by atomic mass is 9.86. The third-order valence-electron chi connectivity index (χ3n) is 9.47. The molecule has 44 heavy (non-hydrogen) atoms. The lowest BCUT2D eigenvalue weighted by Gasteiger charge is -2.39. The predicted molar refractivity (Wildman–Crippen MR) is 188 cm³/mol. The minimum Gasteiger partial charge on any atom is -0.424 e. The summed E-state index contributed by atoms with van der Waals surface area (Å²) in [6.45, 7) is 4.13. The molecule has 6 aromatic rings. The van der Waals surface area contributed by atoms with Crippen molar-refractivity contribution in [1.29, 1.82) is 0 Å². The van der Waals surface area contributed by atoms with Crippen molar-refractivity contribution in [2.24, 2.45) is 0 Å². The molecule has 0 saturated carbocycles. The summed E-state index contributed by atoms with van der Waals surface area (Å²) in [4.78, 5) is 25.6. The summed E-state index contributed by atoms with van der Waals surface area (Å²) in [7, 11) is -6.45. The fourth-order valence-electron chi connectivity index (χ4n) is 7.62. The van der Waals surface area contributed by atoms with Crippen LogP contribution >= 0.6 is 0 Å². The Labute approximate surface area is 260 Å². The van der Waals surface area contributed by atoms with E-state index in [2.05, 4.69) is 134 Å². The number of hydrogen-bond donors (Lipinski definition) is 2. The Morgan fingerprint density at radius 3 is 0.977 bits per heavy atom. The Balaban J connectivity index is 1.55. The molecule has 2 aliphatic heterocycles. The van der Waals surface area contributed by atoms with Crippen LogP contribution in [0.4, 0.5) is 0 Å². The van der Waals surface area contributed by atoms with E-state index in [9.17, 15) is 9.59 Å². The average Bonchev–Trinajstić information content (AvgIpc) is 3.06. The molecule has 6 aromatic carbocycles. The van der Waals surface area contributed by atoms with Gasteiger partial charge in [0, 0.05) is 0 Å². The highest BCUT2D eigenvalue weighted by atomic mass is 28.4. The number of rotatable bonds is 4. The molecule has 4 heteroatoms. The Bertz CT molecular complexity index is 1970. The zero-order chi connectivity index (χ0) is 30.1. The summed E-state index contributed by atoms with van der Waals surface area (Å²) in [5.41, 5.74) is 8.70. The second-order valence-corrected chi connectivity index (χ2v) is 18.5. The van der Waals surface area contributed by atoms with Gasteiger partial charge < -0.3 is 9.59 Å². The van der Waals surface area contributed by atoms with Crippen molar-refractivity contribution < 1.29 is 9.59 Å². The van der Waals surface area contributed by atoms with Crippen LogP contribution in [0.15, 0.2) is 146 Å². The van der Waals surface area contributed by atoms with Crippen molar-refractivity contribution in [2.75, 3.05) is 0 Å². The molecule has 0 bridgehead atoms. The maximum absolute atomic E-state index is 12.8. The van der Waals surface area contributed by atoms with E-state index in [1.54, 1.807) is 0 Å². The normalized spacial score (nSPS) is 20.7. The van der Waals surface area contributed by atoms with Crippen LogP contribution < -0.4 is 10.4 Å². The molecule has 0 amide bonds. The minimum absolute atomic E-state index is 1.01. The molecule has 0 spiro atoms. The third-order valence-corrected chi connectivity index (χ3v) is 15.4. The third kappa shape index (κ3) is 3.86. The first-order valence-electron chi connectivity index (χ1n) is 15.2. The highest BCUT2D eigenvalue weighted by Crippen LogP contribution is 2.48. The molecule has 212 valence electrons. The van der Waals surface area contributed by atoms with E-state index in [0.29, 0.717) is 0 Å². The first kappa shape index (κ1) is 27.0. The van der Waals surface area contributed by atoms with Gasteiger partial charge in [0.25, 0.3) is 16.6 Å². The molecule has 0 aliphatic carbocycles. The SMILES string of the molecule is C[Si]1(O)C(c2ccccc2)=C(c2ccccc2)c2ccc3c4c(ccc1c24)C(c1ccccc1)=C(c1ccccc1)[Si]3(C)O. The van der Waals surface area contributed by atoms with Crippen LogP contribution in [0.1, 0.15) is 33.4 Å². The molecule has 2 atom stereocenters. The van der Waals surface area contributed by atoms with Crippen LogP contribution in [0.5, 0.6) is 0 Å². The van der Waals surface area contributed by atoms with E-state index in [1.165, 1.54) is 0 Å². The van der Waals surface area contributed by atoms with Gasteiger partial charge in [0.15, 0.2) is 0 Å². The highest BCUT2D eigenvalue weighted by Gasteiger charge is 2.46. The topological polar surface area (TPSA) is 40.5 Å². The van der Waals surface area contributed by atoms with Gasteiger partial charge >= 0.3 is 0 Å². The Morgan fingerprint density at radius 1 is 0.364 bits per heavy atom. The van der Waals surface area contributed by atoms with Gasteiger partial charge in [0.1, 0.15) is 0 Å². The molecule has 2 unspecified atom stereocenters. The molecule has 2 nitrogen and oxygen atoms in total. The van der Waals surface area contributed by atoms with Gasteiger partial charge in [-0.3, -0.25) is 0 Å². The predicted octanol–water partition coefficient (Wildman–Crippen LogP) is 7.41. The standard InChI is InChI=1S/C40H32O2Si2/c1-43(41)33-25-23-32-36(28-17-9-4-10-18-28)40(30-21-13-6-14-22-30)44(2,42)34-26-24-31(37(33)38(32)34)35(27-15-7-3-8-16-27)39(43)29-19-11-5-12-20-29/h3-26,41-42H,1-2H3. The van der Waals surface area contributed by atoms with Gasteiger partial charge in [-0.25, -0.2) is 0 Å². The lowest BCUT2D eigenvalue weighted by Crippen LogP contribution is -2.53. The van der Waals surface area contributed by atoms with Crippen molar-refractivity contribution in [1.82, 2.24) is 0 Å². The van der Waals surface area contributed by atoms with E-state index in [1.807, 2.05) is 24.3 Å². The summed E-state index contributed by atoms with van der Waals surface area (Å²) >= 11 is 0. The smallest absolute Gasteiger partial charge is 0.251 e. The number of benzene rings is 6. The summed E-state index contributed by atoms with van der Waals surface area (Å²) in [6.07, 6.45) is 0. The van der Waals surface area contributed by atoms with Gasteiger partial charge in [0.2, 0.25) is 0 Å². The molecule has 0 saturated heterocycles. The molecule has 0 radical (unpaired) electrons. The maximum Gasteiger partial charge on any atom is 0.251 e. The quantitative estimate of drug-likeness (QED) is 0.207. The van der Waals surface area contributed by atoms with E-state index in [-0.39, 0.29) is 0 Å². The zero-order valence-corrected chi connectivity index (χ0v) is 26.8. The highest BCUT2D eigenvalue weighted by molar-refractivity contribution is 7.05. The van der Waals surface area contributed by atoms with E-state index in [4.69, 9.17) is 0 Å². The van der Waals surface area contributed by atoms with Gasteiger partial charge in [-0.15, -0.1) is 0 Å². The van der Waals surface area contributed by atoms with Gasteiger partial charge in [-0.1, -0.05) is 146 Å². The van der Waals surface area contributed by atoms with Crippen molar-refractivity contribution >= 4 is 59.3 Å². The maximum atomic E-state index is 12.8. The van der Waals surface area contributed by atoms with Gasteiger partial charge in [-0.2, -0.15) is 0 Å². The van der Waals surface area contributed by atoms with E-state index < -0.39 is 16.6 Å². The van der Waals surface area contributed by atoms with Crippen molar-refractivity contribution in [3.05, 3.63) is 179 Å². The van der Waals surface area contributed by atoms with E-state index in [0.717, 1.165) is 76.1 Å². The monoisotopic (exact) mass is 600 g/mol. The number of hydrogen-bond acceptors (Lipinski definition) is 2. The molecule has 0 fully saturated rings. The summed E-state index contributed by atoms with van der Waals surface area (Å²) in [6, 6.07) is 50.5. The summed E-state index contributed by atoms with van der Waals surface area (Å²) in [5.74, 6) is 0. The zero-order valence-electron chi connectivity index (χ0n) is 24.8. The van der Waals surface area contributed by atoms with Crippen LogP contribution in [0.3, 0.4) is 0 Å². The molecule has 2 N–H and O–H groups in total. The first-order valence-corrected chi connectivity index (χ1v) is 20.1. The summed E-state index contributed by atoms with van der Waals surface area (Å²) in [5, 5.41) is 6.25. The van der Waals surface area contributed by atoms with Crippen LogP contribution in [0.2, 0.25) is 13.1 Å². The van der Waals surface area contributed by atoms with Gasteiger partial charge in [0.05, 0.1) is 0 Å². The van der Waals surface area contributed by atoms with E-state index >= 15 is 0 Å². The first-order chi connectivity index (χ1) is 21.4. The van der Waals surface area contributed by atoms with Crippen LogP contribution in [0, 0.1) is 0 Å². The fourth-order valence-corrected chi connectivity index (χ4v) is 13.5. The Kier molecular flexibility index (Phi) is 6.12. The second-order valence-electron chi connectivity index (χ2n) is 12.2.